The van der Waals surface area contributed by atoms with E-state index in [1.54, 1.807) is 6.07 Å². The largest absolute Gasteiger partial charge is 0.411 e. The van der Waals surface area contributed by atoms with Gasteiger partial charge in [-0.05, 0) is 37.7 Å². The van der Waals surface area contributed by atoms with Crippen molar-refractivity contribution in [2.24, 2.45) is 0 Å². The van der Waals surface area contributed by atoms with Gasteiger partial charge in [-0.2, -0.15) is 13.2 Å². The fraction of sp³-hybridized carbons (Fsp3) is 0.611. The van der Waals surface area contributed by atoms with Gasteiger partial charge in [-0.15, -0.1) is 0 Å². The Morgan fingerprint density at radius 2 is 2.19 bits per heavy atom. The smallest absolute Gasteiger partial charge is 0.369 e. The molecule has 0 spiro atoms. The number of fused-ring (bicyclic) bond motifs is 1. The predicted octanol–water partition coefficient (Wildman–Crippen LogP) is 3.97. The molecule has 6 nitrogen and oxygen atoms in total. The van der Waals surface area contributed by atoms with Gasteiger partial charge in [-0.3, -0.25) is 4.79 Å². The minimum Gasteiger partial charge on any atom is -0.369 e. The summed E-state index contributed by atoms with van der Waals surface area (Å²) in [7, 11) is 0. The van der Waals surface area contributed by atoms with Crippen LogP contribution in [-0.4, -0.2) is 41.0 Å². The van der Waals surface area contributed by atoms with Gasteiger partial charge in [-0.1, -0.05) is 19.0 Å². The van der Waals surface area contributed by atoms with Gasteiger partial charge in [0.15, 0.2) is 0 Å². The third kappa shape index (κ3) is 4.97. The molecule has 0 bridgehead atoms. The lowest BCUT2D eigenvalue weighted by Gasteiger charge is -2.30. The molecule has 2 aromatic heterocycles. The van der Waals surface area contributed by atoms with E-state index < -0.39 is 18.9 Å². The number of hydrogen-bond donors (Lipinski definition) is 1. The van der Waals surface area contributed by atoms with E-state index in [-0.39, 0.29) is 17.9 Å². The maximum atomic E-state index is 12.6. The Morgan fingerprint density at radius 1 is 1.41 bits per heavy atom. The van der Waals surface area contributed by atoms with Gasteiger partial charge in [0, 0.05) is 12.2 Å². The van der Waals surface area contributed by atoms with Crippen molar-refractivity contribution in [3.8, 4) is 0 Å². The molecule has 0 unspecified atom stereocenters. The third-order valence-electron chi connectivity index (χ3n) is 4.61. The van der Waals surface area contributed by atoms with Gasteiger partial charge in [0.25, 0.3) is 11.6 Å². The maximum absolute atomic E-state index is 12.6. The number of hydrogen-bond acceptors (Lipinski definition) is 5. The second-order valence-corrected chi connectivity index (χ2v) is 7.18. The number of halogens is 3. The summed E-state index contributed by atoms with van der Waals surface area (Å²) < 4.78 is 47.1. The molecule has 27 heavy (non-hydrogen) atoms. The van der Waals surface area contributed by atoms with Gasteiger partial charge in [0.2, 0.25) is 0 Å². The zero-order valence-electron chi connectivity index (χ0n) is 15.2. The van der Waals surface area contributed by atoms with Gasteiger partial charge >= 0.3 is 6.18 Å². The lowest BCUT2D eigenvalue weighted by molar-refractivity contribution is -0.188. The summed E-state index contributed by atoms with van der Waals surface area (Å²) >= 11 is 0. The van der Waals surface area contributed by atoms with Crippen molar-refractivity contribution >= 4 is 17.0 Å². The molecule has 3 rings (SSSR count). The Hall–Kier alpha value is -2.16. The minimum atomic E-state index is -4.34. The standard InChI is InChI=1S/C18H22F3N3O3/c1-10(2)15-14-6-11(8-22-17(14)27-24-15)16(25)23-12-4-3-5-13(7-12)26-9-18(19,20)21/h6,8,10,12-13H,3-5,7,9H2,1-2H3,(H,23,25)/t12-,13+/m0/s1. The normalized spacial score (nSPS) is 21.0. The maximum Gasteiger partial charge on any atom is 0.411 e. The van der Waals surface area contributed by atoms with Crippen molar-refractivity contribution < 1.29 is 27.2 Å². The van der Waals surface area contributed by atoms with Gasteiger partial charge in [0.1, 0.15) is 6.61 Å². The Bertz CT molecular complexity index is 804. The number of alkyl halides is 3. The summed E-state index contributed by atoms with van der Waals surface area (Å²) in [6, 6.07) is 1.46. The number of carbonyl (C=O) groups is 1. The lowest BCUT2D eigenvalue weighted by Crippen LogP contribution is -2.41. The number of aromatic nitrogens is 2. The molecule has 2 aromatic rings. The highest BCUT2D eigenvalue weighted by atomic mass is 19.4. The summed E-state index contributed by atoms with van der Waals surface area (Å²) in [6.07, 6.45) is -1.10. The third-order valence-corrected chi connectivity index (χ3v) is 4.61. The fourth-order valence-corrected chi connectivity index (χ4v) is 3.30. The zero-order valence-corrected chi connectivity index (χ0v) is 15.2. The van der Waals surface area contributed by atoms with Crippen molar-refractivity contribution in [3.63, 3.8) is 0 Å². The fourth-order valence-electron chi connectivity index (χ4n) is 3.30. The van der Waals surface area contributed by atoms with Crippen LogP contribution in [0.15, 0.2) is 16.8 Å². The molecule has 1 aliphatic rings. The number of amides is 1. The average molecular weight is 385 g/mol. The number of nitrogens with zero attached hydrogens (tertiary/aromatic N) is 2. The molecular weight excluding hydrogens is 363 g/mol. The van der Waals surface area contributed by atoms with Crippen LogP contribution in [0.1, 0.15) is 61.5 Å². The van der Waals surface area contributed by atoms with Crippen molar-refractivity contribution in [2.75, 3.05) is 6.61 Å². The summed E-state index contributed by atoms with van der Waals surface area (Å²) in [5.74, 6) is -0.196. The molecule has 1 saturated carbocycles. The van der Waals surface area contributed by atoms with Crippen LogP contribution in [0.25, 0.3) is 11.1 Å². The molecule has 0 aromatic carbocycles. The summed E-state index contributed by atoms with van der Waals surface area (Å²) in [5, 5.41) is 7.55. The van der Waals surface area contributed by atoms with Crippen LogP contribution in [0, 0.1) is 0 Å². The summed E-state index contributed by atoms with van der Waals surface area (Å²) in [6.45, 7) is 2.67. The van der Waals surface area contributed by atoms with Gasteiger partial charge in [0.05, 0.1) is 22.7 Å². The number of rotatable bonds is 5. The van der Waals surface area contributed by atoms with Crippen molar-refractivity contribution in [1.82, 2.24) is 15.5 Å². The Kier molecular flexibility index (Phi) is 5.69. The first kappa shape index (κ1) is 19.6. The van der Waals surface area contributed by atoms with E-state index >= 15 is 0 Å². The minimum absolute atomic E-state index is 0.122. The summed E-state index contributed by atoms with van der Waals surface area (Å²) in [5.41, 5.74) is 1.46. The first-order valence-electron chi connectivity index (χ1n) is 8.97. The van der Waals surface area contributed by atoms with Gasteiger partial charge < -0.3 is 14.6 Å². The first-order valence-corrected chi connectivity index (χ1v) is 8.97. The monoisotopic (exact) mass is 385 g/mol. The zero-order chi connectivity index (χ0) is 19.6. The van der Waals surface area contributed by atoms with Gasteiger partial charge in [-0.25, -0.2) is 4.98 Å². The van der Waals surface area contributed by atoms with Crippen LogP contribution in [0.5, 0.6) is 0 Å². The van der Waals surface area contributed by atoms with E-state index in [1.165, 1.54) is 6.20 Å². The quantitative estimate of drug-likeness (QED) is 0.843. The number of ether oxygens (including phenoxy) is 1. The highest BCUT2D eigenvalue weighted by Gasteiger charge is 2.31. The van der Waals surface area contributed by atoms with E-state index in [2.05, 4.69) is 15.5 Å². The van der Waals surface area contributed by atoms with E-state index in [9.17, 15) is 18.0 Å². The Labute approximate surface area is 154 Å². The number of nitrogens with one attached hydrogen (secondary N) is 1. The molecule has 1 N–H and O–H groups in total. The lowest BCUT2D eigenvalue weighted by atomic mass is 9.92. The molecule has 2 heterocycles. The van der Waals surface area contributed by atoms with E-state index in [4.69, 9.17) is 9.26 Å². The highest BCUT2D eigenvalue weighted by molar-refractivity contribution is 5.97. The number of pyridine rings is 1. The second kappa shape index (κ2) is 7.84. The predicted molar refractivity (Wildman–Crippen MR) is 91.4 cm³/mol. The molecule has 1 aliphatic carbocycles. The number of carbonyl (C=O) groups excluding carboxylic acids is 1. The SMILES string of the molecule is CC(C)c1noc2ncc(C(=O)N[C@H]3CCC[C@@H](OCC(F)(F)F)C3)cc12. The van der Waals surface area contributed by atoms with E-state index in [0.29, 0.717) is 42.3 Å². The van der Waals surface area contributed by atoms with E-state index in [1.807, 2.05) is 13.8 Å². The van der Waals surface area contributed by atoms with Crippen LogP contribution in [-0.2, 0) is 4.74 Å². The van der Waals surface area contributed by atoms with Crippen LogP contribution in [0.2, 0.25) is 0 Å². The Morgan fingerprint density at radius 3 is 2.89 bits per heavy atom. The molecule has 0 radical (unpaired) electrons. The van der Waals surface area contributed by atoms with Crippen molar-refractivity contribution in [1.29, 1.82) is 0 Å². The van der Waals surface area contributed by atoms with Crippen LogP contribution in [0.3, 0.4) is 0 Å². The second-order valence-electron chi connectivity index (χ2n) is 7.18. The summed E-state index contributed by atoms with van der Waals surface area (Å²) in [4.78, 5) is 16.7. The van der Waals surface area contributed by atoms with Crippen molar-refractivity contribution in [3.05, 3.63) is 23.5 Å². The highest BCUT2D eigenvalue weighted by Crippen LogP contribution is 2.26. The first-order chi connectivity index (χ1) is 12.7. The molecule has 1 amide bonds. The topological polar surface area (TPSA) is 77.2 Å². The molecule has 2 atom stereocenters. The van der Waals surface area contributed by atoms with Crippen LogP contribution < -0.4 is 5.32 Å². The molecular formula is C18H22F3N3O3. The van der Waals surface area contributed by atoms with Crippen LogP contribution in [0.4, 0.5) is 13.2 Å². The molecule has 0 aliphatic heterocycles. The van der Waals surface area contributed by atoms with E-state index in [0.717, 1.165) is 5.69 Å². The van der Waals surface area contributed by atoms with Crippen molar-refractivity contribution in [2.45, 2.75) is 63.8 Å². The molecule has 9 heteroatoms. The molecule has 148 valence electrons. The molecule has 0 saturated heterocycles. The Balaban J connectivity index is 1.64. The average Bonchev–Trinajstić information content (AvgIpc) is 3.03. The molecule has 1 fully saturated rings. The van der Waals surface area contributed by atoms with Crippen LogP contribution >= 0.6 is 0 Å².